The molecule has 2 aromatic rings. The molecule has 4 rings (SSSR count). The number of likely N-dealkylation sites (tertiary alicyclic amines) is 1. The number of ether oxygens (including phenoxy) is 1. The van der Waals surface area contributed by atoms with Crippen LogP contribution in [0.15, 0.2) is 41.9 Å². The zero-order valence-corrected chi connectivity index (χ0v) is 15.5. The number of hydrogen-bond acceptors (Lipinski definition) is 5. The fourth-order valence-electron chi connectivity index (χ4n) is 4.21. The van der Waals surface area contributed by atoms with Crippen molar-refractivity contribution in [2.75, 3.05) is 38.1 Å². The maximum absolute atomic E-state index is 6.35. The first kappa shape index (κ1) is 17.0. The Kier molecular flexibility index (Phi) is 5.34. The third kappa shape index (κ3) is 4.40. The van der Waals surface area contributed by atoms with E-state index in [1.165, 1.54) is 31.4 Å². The molecule has 2 fully saturated rings. The average Bonchev–Trinajstić information content (AvgIpc) is 3.30. The molecule has 0 amide bonds. The van der Waals surface area contributed by atoms with Gasteiger partial charge in [0.15, 0.2) is 5.13 Å². The lowest BCUT2D eigenvalue weighted by Gasteiger charge is -2.40. The van der Waals surface area contributed by atoms with Gasteiger partial charge in [-0.2, -0.15) is 0 Å². The number of aromatic nitrogens is 1. The van der Waals surface area contributed by atoms with E-state index in [2.05, 4.69) is 45.5 Å². The van der Waals surface area contributed by atoms with Gasteiger partial charge in [0, 0.05) is 37.1 Å². The fraction of sp³-hybridized carbons (Fsp3) is 0.550. The summed E-state index contributed by atoms with van der Waals surface area (Å²) in [6.45, 7) is 5.29. The van der Waals surface area contributed by atoms with Gasteiger partial charge < -0.3 is 15.0 Å². The van der Waals surface area contributed by atoms with Crippen molar-refractivity contribution < 1.29 is 4.74 Å². The third-order valence-corrected chi connectivity index (χ3v) is 6.17. The van der Waals surface area contributed by atoms with Gasteiger partial charge in [0.25, 0.3) is 0 Å². The van der Waals surface area contributed by atoms with Gasteiger partial charge in [-0.05, 0) is 37.8 Å². The van der Waals surface area contributed by atoms with Crippen molar-refractivity contribution >= 4 is 16.5 Å². The van der Waals surface area contributed by atoms with E-state index in [0.717, 1.165) is 37.8 Å². The van der Waals surface area contributed by atoms with Crippen LogP contribution in [-0.2, 0) is 11.2 Å². The predicted molar refractivity (Wildman–Crippen MR) is 103 cm³/mol. The largest absolute Gasteiger partial charge is 0.373 e. The van der Waals surface area contributed by atoms with E-state index >= 15 is 0 Å². The average molecular weight is 358 g/mol. The molecule has 1 aromatic carbocycles. The van der Waals surface area contributed by atoms with E-state index < -0.39 is 0 Å². The molecule has 2 aliphatic rings. The number of hydrogen-bond donors (Lipinski definition) is 1. The van der Waals surface area contributed by atoms with Gasteiger partial charge in [-0.3, -0.25) is 0 Å². The first-order valence-corrected chi connectivity index (χ1v) is 10.2. The molecule has 1 spiro atoms. The van der Waals surface area contributed by atoms with Gasteiger partial charge in [0.2, 0.25) is 0 Å². The summed E-state index contributed by atoms with van der Waals surface area (Å²) in [7, 11) is 0. The highest BCUT2D eigenvalue weighted by atomic mass is 32.1. The van der Waals surface area contributed by atoms with Crippen molar-refractivity contribution in [2.45, 2.75) is 31.3 Å². The molecule has 5 heteroatoms. The Morgan fingerprint density at radius 3 is 3.08 bits per heavy atom. The van der Waals surface area contributed by atoms with E-state index in [1.807, 2.05) is 11.6 Å². The number of rotatable bonds is 6. The second-order valence-electron chi connectivity index (χ2n) is 7.40. The Hall–Kier alpha value is -1.43. The molecule has 0 saturated carbocycles. The lowest BCUT2D eigenvalue weighted by molar-refractivity contribution is -0.0511. The molecular weight excluding hydrogens is 330 g/mol. The van der Waals surface area contributed by atoms with E-state index in [0.29, 0.717) is 5.92 Å². The molecule has 3 heterocycles. The van der Waals surface area contributed by atoms with Crippen LogP contribution in [-0.4, -0.2) is 48.3 Å². The summed E-state index contributed by atoms with van der Waals surface area (Å²) >= 11 is 1.67. The first-order chi connectivity index (χ1) is 12.3. The highest BCUT2D eigenvalue weighted by Crippen LogP contribution is 2.37. The first-order valence-electron chi connectivity index (χ1n) is 9.35. The predicted octanol–water partition coefficient (Wildman–Crippen LogP) is 3.67. The van der Waals surface area contributed by atoms with Gasteiger partial charge in [-0.15, -0.1) is 11.3 Å². The fourth-order valence-corrected chi connectivity index (χ4v) is 4.75. The minimum absolute atomic E-state index is 0.0875. The monoisotopic (exact) mass is 357 g/mol. The Morgan fingerprint density at radius 1 is 1.32 bits per heavy atom. The van der Waals surface area contributed by atoms with Crippen molar-refractivity contribution in [3.63, 3.8) is 0 Å². The van der Waals surface area contributed by atoms with Crippen LogP contribution in [0.2, 0.25) is 0 Å². The molecule has 2 saturated heterocycles. The molecule has 0 bridgehead atoms. The zero-order valence-electron chi connectivity index (χ0n) is 14.7. The zero-order chi connectivity index (χ0) is 17.0. The van der Waals surface area contributed by atoms with E-state index in [4.69, 9.17) is 4.74 Å². The highest BCUT2D eigenvalue weighted by Gasteiger charge is 2.43. The summed E-state index contributed by atoms with van der Waals surface area (Å²) in [6, 6.07) is 10.8. The smallest absolute Gasteiger partial charge is 0.182 e. The lowest BCUT2D eigenvalue weighted by Crippen LogP contribution is -2.48. The van der Waals surface area contributed by atoms with Gasteiger partial charge in [-0.1, -0.05) is 30.3 Å². The second kappa shape index (κ2) is 7.85. The molecule has 1 aromatic heterocycles. The number of nitrogens with one attached hydrogen (secondary N) is 1. The van der Waals surface area contributed by atoms with Crippen LogP contribution in [0.25, 0.3) is 0 Å². The molecule has 1 N–H and O–H groups in total. The summed E-state index contributed by atoms with van der Waals surface area (Å²) < 4.78 is 6.35. The van der Waals surface area contributed by atoms with Crippen LogP contribution in [0.5, 0.6) is 0 Å². The summed E-state index contributed by atoms with van der Waals surface area (Å²) in [5.74, 6) is 0.595. The number of anilines is 1. The number of benzene rings is 1. The van der Waals surface area contributed by atoms with Gasteiger partial charge in [0.05, 0.1) is 12.2 Å². The van der Waals surface area contributed by atoms with Gasteiger partial charge in [0.1, 0.15) is 0 Å². The minimum atomic E-state index is 0.0875. The molecule has 2 aliphatic heterocycles. The maximum Gasteiger partial charge on any atom is 0.182 e. The second-order valence-corrected chi connectivity index (χ2v) is 8.29. The Morgan fingerprint density at radius 2 is 2.24 bits per heavy atom. The normalized spacial score (nSPS) is 27.0. The van der Waals surface area contributed by atoms with Crippen LogP contribution in [0.1, 0.15) is 24.8 Å². The Bertz CT molecular complexity index is 648. The molecular formula is C20H27N3OS. The van der Waals surface area contributed by atoms with Crippen LogP contribution in [0, 0.1) is 5.92 Å². The summed E-state index contributed by atoms with van der Waals surface area (Å²) in [6.07, 6.45) is 6.62. The van der Waals surface area contributed by atoms with Crippen molar-refractivity contribution in [2.24, 2.45) is 5.92 Å². The molecule has 4 nitrogen and oxygen atoms in total. The topological polar surface area (TPSA) is 37.4 Å². The van der Waals surface area contributed by atoms with E-state index in [9.17, 15) is 0 Å². The molecule has 25 heavy (non-hydrogen) atoms. The van der Waals surface area contributed by atoms with Gasteiger partial charge in [-0.25, -0.2) is 4.98 Å². The Balaban J connectivity index is 1.27. The molecule has 0 aliphatic carbocycles. The molecule has 0 radical (unpaired) electrons. The third-order valence-electron chi connectivity index (χ3n) is 5.44. The Labute approximate surface area is 154 Å². The van der Waals surface area contributed by atoms with Crippen molar-refractivity contribution in [1.29, 1.82) is 0 Å². The van der Waals surface area contributed by atoms with Crippen LogP contribution >= 0.6 is 11.3 Å². The van der Waals surface area contributed by atoms with E-state index in [1.54, 1.807) is 11.3 Å². The minimum Gasteiger partial charge on any atom is -0.373 e. The number of thiazole rings is 1. The molecule has 2 atom stereocenters. The van der Waals surface area contributed by atoms with Crippen molar-refractivity contribution in [1.82, 2.24) is 9.88 Å². The maximum atomic E-state index is 6.35. The highest BCUT2D eigenvalue weighted by molar-refractivity contribution is 7.13. The van der Waals surface area contributed by atoms with Crippen molar-refractivity contribution in [3.05, 3.63) is 47.5 Å². The SMILES string of the molecule is c1ccc(CCN2CCC[C@]3(C[C@H](CNc4nccs4)CO3)C2)cc1. The number of piperidine rings is 1. The van der Waals surface area contributed by atoms with Crippen molar-refractivity contribution in [3.8, 4) is 0 Å². The number of nitrogens with zero attached hydrogens (tertiary/aromatic N) is 2. The van der Waals surface area contributed by atoms with Crippen LogP contribution in [0.4, 0.5) is 5.13 Å². The molecule has 0 unspecified atom stereocenters. The van der Waals surface area contributed by atoms with Gasteiger partial charge >= 0.3 is 0 Å². The summed E-state index contributed by atoms with van der Waals surface area (Å²) in [4.78, 5) is 6.91. The van der Waals surface area contributed by atoms with Crippen LogP contribution < -0.4 is 5.32 Å². The molecule has 134 valence electrons. The summed E-state index contributed by atoms with van der Waals surface area (Å²) in [5.41, 5.74) is 1.52. The van der Waals surface area contributed by atoms with Crippen LogP contribution in [0.3, 0.4) is 0 Å². The summed E-state index contributed by atoms with van der Waals surface area (Å²) in [5, 5.41) is 6.50. The standard InChI is InChI=1S/C20H27N3OS/c1-2-5-17(6-3-1)7-11-23-10-4-8-20(16-23)13-18(15-24-20)14-22-19-21-9-12-25-19/h1-3,5-6,9,12,18H,4,7-8,10-11,13-16H2,(H,21,22)/t18-,20+/m1/s1. The quantitative estimate of drug-likeness (QED) is 0.856. The van der Waals surface area contributed by atoms with E-state index in [-0.39, 0.29) is 5.60 Å². The lowest BCUT2D eigenvalue weighted by atomic mass is 9.86.